The molecule has 0 saturated heterocycles. The largest absolute Gasteiger partial charge is 0.271 e. The van der Waals surface area contributed by atoms with Crippen LogP contribution in [0.4, 0.5) is 0 Å². The second-order valence-corrected chi connectivity index (χ2v) is 3.99. The van der Waals surface area contributed by atoms with Crippen molar-refractivity contribution in [3.8, 4) is 0 Å². The predicted molar refractivity (Wildman–Crippen MR) is 59.4 cm³/mol. The van der Waals surface area contributed by atoms with Crippen LogP contribution in [0.5, 0.6) is 0 Å². The van der Waals surface area contributed by atoms with Gasteiger partial charge in [0, 0.05) is 5.54 Å². The van der Waals surface area contributed by atoms with Crippen molar-refractivity contribution < 1.29 is 0 Å². The highest BCUT2D eigenvalue weighted by Crippen LogP contribution is 2.23. The lowest BCUT2D eigenvalue weighted by molar-refractivity contribution is 0.260. The summed E-state index contributed by atoms with van der Waals surface area (Å²) in [5.41, 5.74) is 3.25. The zero-order valence-electron chi connectivity index (χ0n) is 9.53. The molecule has 0 saturated carbocycles. The lowest BCUT2D eigenvalue weighted by atomic mass is 9.85. The molecule has 2 heteroatoms. The minimum Gasteiger partial charge on any atom is -0.271 e. The molecular formula is C11H26N2. The topological polar surface area (TPSA) is 38.0 Å². The summed E-state index contributed by atoms with van der Waals surface area (Å²) < 4.78 is 0. The van der Waals surface area contributed by atoms with E-state index in [-0.39, 0.29) is 5.54 Å². The summed E-state index contributed by atoms with van der Waals surface area (Å²) in [5.74, 6) is 5.65. The summed E-state index contributed by atoms with van der Waals surface area (Å²) in [6.07, 6.45) is 8.66. The van der Waals surface area contributed by atoms with E-state index in [4.69, 9.17) is 5.84 Å². The van der Waals surface area contributed by atoms with Gasteiger partial charge in [-0.2, -0.15) is 0 Å². The molecule has 0 aromatic heterocycles. The van der Waals surface area contributed by atoms with Crippen LogP contribution in [-0.4, -0.2) is 5.54 Å². The standard InChI is InChI=1S/C11H26N2/c1-4-7-9-11(6-3,13-12)10-8-5-2/h13H,4-10,12H2,1-3H3. The lowest BCUT2D eigenvalue weighted by Gasteiger charge is -2.32. The van der Waals surface area contributed by atoms with Gasteiger partial charge in [0.1, 0.15) is 0 Å². The summed E-state index contributed by atoms with van der Waals surface area (Å²) in [4.78, 5) is 0. The van der Waals surface area contributed by atoms with E-state index >= 15 is 0 Å². The molecular weight excluding hydrogens is 160 g/mol. The monoisotopic (exact) mass is 186 g/mol. The molecule has 0 fully saturated rings. The number of hydrogen-bond donors (Lipinski definition) is 2. The van der Waals surface area contributed by atoms with Gasteiger partial charge in [0.15, 0.2) is 0 Å². The van der Waals surface area contributed by atoms with Crippen molar-refractivity contribution >= 4 is 0 Å². The van der Waals surface area contributed by atoms with Gasteiger partial charge < -0.3 is 0 Å². The Hall–Kier alpha value is -0.0800. The average Bonchev–Trinajstić information content (AvgIpc) is 2.20. The summed E-state index contributed by atoms with van der Waals surface area (Å²) in [6.45, 7) is 6.69. The Balaban J connectivity index is 3.97. The zero-order chi connectivity index (χ0) is 10.2. The van der Waals surface area contributed by atoms with E-state index in [1.54, 1.807) is 0 Å². The minimum atomic E-state index is 0.214. The first-order valence-electron chi connectivity index (χ1n) is 5.72. The summed E-state index contributed by atoms with van der Waals surface area (Å²) in [5, 5.41) is 0. The number of hydrogen-bond acceptors (Lipinski definition) is 2. The molecule has 0 aromatic rings. The summed E-state index contributed by atoms with van der Waals surface area (Å²) >= 11 is 0. The van der Waals surface area contributed by atoms with Gasteiger partial charge in [-0.25, -0.2) is 0 Å². The number of nitrogens with two attached hydrogens (primary N) is 1. The molecule has 2 nitrogen and oxygen atoms in total. The lowest BCUT2D eigenvalue weighted by Crippen LogP contribution is -2.48. The van der Waals surface area contributed by atoms with Crippen molar-refractivity contribution in [1.82, 2.24) is 5.43 Å². The Kier molecular flexibility index (Phi) is 7.29. The first kappa shape index (κ1) is 12.9. The SMILES string of the molecule is CCCCC(CC)(CCCC)NN. The summed E-state index contributed by atoms with van der Waals surface area (Å²) in [7, 11) is 0. The van der Waals surface area contributed by atoms with Gasteiger partial charge in [-0.1, -0.05) is 46.5 Å². The van der Waals surface area contributed by atoms with Crippen molar-refractivity contribution in [3.63, 3.8) is 0 Å². The van der Waals surface area contributed by atoms with Crippen LogP contribution < -0.4 is 11.3 Å². The van der Waals surface area contributed by atoms with Gasteiger partial charge in [0.2, 0.25) is 0 Å². The second-order valence-electron chi connectivity index (χ2n) is 3.99. The molecule has 0 bridgehead atoms. The van der Waals surface area contributed by atoms with Gasteiger partial charge in [-0.3, -0.25) is 11.3 Å². The van der Waals surface area contributed by atoms with Crippen LogP contribution in [0.2, 0.25) is 0 Å². The van der Waals surface area contributed by atoms with Crippen LogP contribution >= 0.6 is 0 Å². The van der Waals surface area contributed by atoms with E-state index in [0.717, 1.165) is 6.42 Å². The Morgan fingerprint density at radius 1 is 1.00 bits per heavy atom. The fourth-order valence-corrected chi connectivity index (χ4v) is 1.76. The highest BCUT2D eigenvalue weighted by atomic mass is 15.3. The zero-order valence-corrected chi connectivity index (χ0v) is 9.53. The first-order chi connectivity index (χ1) is 6.24. The van der Waals surface area contributed by atoms with Crippen molar-refractivity contribution in [2.45, 2.75) is 71.3 Å². The smallest absolute Gasteiger partial charge is 0.0318 e. The van der Waals surface area contributed by atoms with Crippen LogP contribution in [0.25, 0.3) is 0 Å². The van der Waals surface area contributed by atoms with E-state index in [1.165, 1.54) is 38.5 Å². The Morgan fingerprint density at radius 2 is 1.46 bits per heavy atom. The highest BCUT2D eigenvalue weighted by Gasteiger charge is 2.24. The molecule has 0 rings (SSSR count). The molecule has 3 N–H and O–H groups in total. The third-order valence-electron chi connectivity index (χ3n) is 3.00. The third-order valence-corrected chi connectivity index (χ3v) is 3.00. The molecule has 0 unspecified atom stereocenters. The maximum absolute atomic E-state index is 5.65. The van der Waals surface area contributed by atoms with Crippen LogP contribution in [0.15, 0.2) is 0 Å². The number of hydrazine groups is 1. The fraction of sp³-hybridized carbons (Fsp3) is 1.00. The van der Waals surface area contributed by atoms with E-state index in [0.29, 0.717) is 0 Å². The molecule has 0 aliphatic heterocycles. The van der Waals surface area contributed by atoms with Gasteiger partial charge in [0.05, 0.1) is 0 Å². The van der Waals surface area contributed by atoms with Crippen LogP contribution in [0, 0.1) is 0 Å². The van der Waals surface area contributed by atoms with Crippen LogP contribution in [-0.2, 0) is 0 Å². The molecule has 0 spiro atoms. The summed E-state index contributed by atoms with van der Waals surface area (Å²) in [6, 6.07) is 0. The van der Waals surface area contributed by atoms with E-state index in [9.17, 15) is 0 Å². The molecule has 0 aliphatic carbocycles. The molecule has 80 valence electrons. The molecule has 0 heterocycles. The molecule has 0 atom stereocenters. The second kappa shape index (κ2) is 7.34. The molecule has 13 heavy (non-hydrogen) atoms. The molecule has 0 radical (unpaired) electrons. The normalized spacial score (nSPS) is 12.0. The predicted octanol–water partition coefficient (Wildman–Crippen LogP) is 2.98. The molecule has 0 aromatic carbocycles. The Morgan fingerprint density at radius 3 is 1.69 bits per heavy atom. The van der Waals surface area contributed by atoms with Crippen LogP contribution in [0.1, 0.15) is 65.7 Å². The van der Waals surface area contributed by atoms with Crippen molar-refractivity contribution in [2.75, 3.05) is 0 Å². The van der Waals surface area contributed by atoms with Crippen LogP contribution in [0.3, 0.4) is 0 Å². The van der Waals surface area contributed by atoms with Gasteiger partial charge in [0.25, 0.3) is 0 Å². The average molecular weight is 186 g/mol. The van der Waals surface area contributed by atoms with E-state index in [2.05, 4.69) is 26.2 Å². The molecule has 0 aliphatic rings. The third kappa shape index (κ3) is 4.63. The van der Waals surface area contributed by atoms with Gasteiger partial charge in [-0.05, 0) is 19.3 Å². The first-order valence-corrected chi connectivity index (χ1v) is 5.72. The molecule has 0 amide bonds. The van der Waals surface area contributed by atoms with Crippen molar-refractivity contribution in [1.29, 1.82) is 0 Å². The highest BCUT2D eigenvalue weighted by molar-refractivity contribution is 4.83. The maximum Gasteiger partial charge on any atom is 0.0318 e. The Bertz CT molecular complexity index is 98.7. The maximum atomic E-state index is 5.65. The minimum absolute atomic E-state index is 0.214. The van der Waals surface area contributed by atoms with Crippen molar-refractivity contribution in [2.24, 2.45) is 5.84 Å². The van der Waals surface area contributed by atoms with Crippen molar-refractivity contribution in [3.05, 3.63) is 0 Å². The van der Waals surface area contributed by atoms with E-state index in [1.807, 2.05) is 0 Å². The Labute approximate surface area is 83.2 Å². The quantitative estimate of drug-likeness (QED) is 0.452. The number of unbranched alkanes of at least 4 members (excludes halogenated alkanes) is 2. The van der Waals surface area contributed by atoms with Gasteiger partial charge >= 0.3 is 0 Å². The van der Waals surface area contributed by atoms with Gasteiger partial charge in [-0.15, -0.1) is 0 Å². The fourth-order valence-electron chi connectivity index (χ4n) is 1.76. The number of rotatable bonds is 8. The number of nitrogens with one attached hydrogen (secondary N) is 1. The van der Waals surface area contributed by atoms with E-state index < -0.39 is 0 Å².